The number of hydrogen-bond acceptors (Lipinski definition) is 4. The Morgan fingerprint density at radius 2 is 2.06 bits per heavy atom. The zero-order valence-corrected chi connectivity index (χ0v) is 18.9. The number of aryl methyl sites for hydroxylation is 1. The van der Waals surface area contributed by atoms with E-state index in [1.165, 1.54) is 17.8 Å². The minimum Gasteiger partial charge on any atom is -0.349 e. The van der Waals surface area contributed by atoms with Gasteiger partial charge in [0.15, 0.2) is 17.3 Å². The van der Waals surface area contributed by atoms with E-state index in [0.29, 0.717) is 41.8 Å². The van der Waals surface area contributed by atoms with Gasteiger partial charge in [-0.2, -0.15) is 5.10 Å². The lowest BCUT2D eigenvalue weighted by molar-refractivity contribution is -0.131. The smallest absolute Gasteiger partial charge is 0.272 e. The fourth-order valence-electron chi connectivity index (χ4n) is 4.09. The highest BCUT2D eigenvalue weighted by Gasteiger charge is 2.32. The van der Waals surface area contributed by atoms with Crippen molar-refractivity contribution in [1.29, 1.82) is 0 Å². The summed E-state index contributed by atoms with van der Waals surface area (Å²) in [4.78, 5) is 27.8. The standard InChI is InChI=1S/C23H28F2N4O2S/c1-14-2-7-20-17(12-14)22(28-27-20)23(31)26-9-10-29(15-3-4-15)21(30)8-11-32-16-5-6-18(24)19(25)13-16/h5-6,13-15H,2-4,7-12H2,1H3,(H,26,31)(H,27,28). The van der Waals surface area contributed by atoms with Crippen molar-refractivity contribution in [3.8, 4) is 0 Å². The quantitative estimate of drug-likeness (QED) is 0.557. The average Bonchev–Trinajstić information content (AvgIpc) is 3.52. The summed E-state index contributed by atoms with van der Waals surface area (Å²) in [5.41, 5.74) is 2.55. The van der Waals surface area contributed by atoms with Gasteiger partial charge in [0.05, 0.1) is 0 Å². The predicted molar refractivity (Wildman–Crippen MR) is 119 cm³/mol. The van der Waals surface area contributed by atoms with E-state index in [1.54, 1.807) is 0 Å². The molecule has 0 saturated heterocycles. The van der Waals surface area contributed by atoms with Gasteiger partial charge in [0.25, 0.3) is 5.91 Å². The van der Waals surface area contributed by atoms with E-state index in [2.05, 4.69) is 22.4 Å². The van der Waals surface area contributed by atoms with E-state index < -0.39 is 11.6 Å². The predicted octanol–water partition coefficient (Wildman–Crippen LogP) is 3.72. The first-order valence-corrected chi connectivity index (χ1v) is 12.1. The van der Waals surface area contributed by atoms with Crippen LogP contribution >= 0.6 is 11.8 Å². The molecule has 2 aliphatic rings. The van der Waals surface area contributed by atoms with Gasteiger partial charge in [-0.1, -0.05) is 6.92 Å². The Morgan fingerprint density at radius 1 is 1.25 bits per heavy atom. The number of thioether (sulfide) groups is 1. The number of rotatable bonds is 9. The van der Waals surface area contributed by atoms with Gasteiger partial charge < -0.3 is 10.2 Å². The molecule has 1 saturated carbocycles. The minimum atomic E-state index is -0.885. The van der Waals surface area contributed by atoms with Crippen LogP contribution < -0.4 is 5.32 Å². The first kappa shape index (κ1) is 22.8. The molecule has 1 heterocycles. The Morgan fingerprint density at radius 3 is 2.81 bits per heavy atom. The highest BCUT2D eigenvalue weighted by Crippen LogP contribution is 2.28. The number of carbonyl (C=O) groups excluding carboxylic acids is 2. The second-order valence-corrected chi connectivity index (χ2v) is 9.79. The van der Waals surface area contributed by atoms with Gasteiger partial charge >= 0.3 is 0 Å². The largest absolute Gasteiger partial charge is 0.349 e. The Labute approximate surface area is 190 Å². The molecule has 2 aliphatic carbocycles. The summed E-state index contributed by atoms with van der Waals surface area (Å²) in [5, 5.41) is 10.1. The molecule has 0 aliphatic heterocycles. The monoisotopic (exact) mass is 462 g/mol. The maximum Gasteiger partial charge on any atom is 0.272 e. The highest BCUT2D eigenvalue weighted by molar-refractivity contribution is 7.99. The lowest BCUT2D eigenvalue weighted by Gasteiger charge is -2.23. The number of aromatic amines is 1. The van der Waals surface area contributed by atoms with Crippen molar-refractivity contribution in [3.63, 3.8) is 0 Å². The molecule has 4 rings (SSSR count). The Balaban J connectivity index is 1.25. The van der Waals surface area contributed by atoms with E-state index in [4.69, 9.17) is 0 Å². The summed E-state index contributed by atoms with van der Waals surface area (Å²) in [6.07, 6.45) is 5.13. The molecule has 172 valence electrons. The second-order valence-electron chi connectivity index (χ2n) is 8.63. The lowest BCUT2D eigenvalue weighted by atomic mass is 9.88. The SMILES string of the molecule is CC1CCc2[nH]nc(C(=O)NCCN(C(=O)CCSc3ccc(F)c(F)c3)C3CC3)c2C1. The molecule has 1 fully saturated rings. The van der Waals surface area contributed by atoms with E-state index in [0.717, 1.165) is 55.5 Å². The van der Waals surface area contributed by atoms with Crippen molar-refractivity contribution >= 4 is 23.6 Å². The van der Waals surface area contributed by atoms with Gasteiger partial charge in [0.2, 0.25) is 5.91 Å². The van der Waals surface area contributed by atoms with Crippen molar-refractivity contribution in [2.24, 2.45) is 5.92 Å². The molecule has 32 heavy (non-hydrogen) atoms. The number of hydrogen-bond donors (Lipinski definition) is 2. The minimum absolute atomic E-state index is 0.0165. The van der Waals surface area contributed by atoms with Crippen LogP contribution in [0.3, 0.4) is 0 Å². The van der Waals surface area contributed by atoms with Crippen LogP contribution in [0.25, 0.3) is 0 Å². The second kappa shape index (κ2) is 10.0. The molecule has 1 atom stereocenters. The fourth-order valence-corrected chi connectivity index (χ4v) is 4.96. The first-order chi connectivity index (χ1) is 15.4. The van der Waals surface area contributed by atoms with Crippen molar-refractivity contribution in [3.05, 3.63) is 46.8 Å². The van der Waals surface area contributed by atoms with Crippen molar-refractivity contribution in [2.45, 2.75) is 56.4 Å². The van der Waals surface area contributed by atoms with Crippen LogP contribution in [0.15, 0.2) is 23.1 Å². The summed E-state index contributed by atoms with van der Waals surface area (Å²) < 4.78 is 26.4. The number of amides is 2. The van der Waals surface area contributed by atoms with Crippen LogP contribution in [-0.4, -0.2) is 51.8 Å². The van der Waals surface area contributed by atoms with Crippen LogP contribution in [0.2, 0.25) is 0 Å². The Kier molecular flexibility index (Phi) is 7.13. The number of halogens is 2. The molecule has 9 heteroatoms. The maximum absolute atomic E-state index is 13.3. The van der Waals surface area contributed by atoms with Crippen LogP contribution in [-0.2, 0) is 17.6 Å². The topological polar surface area (TPSA) is 78.1 Å². The van der Waals surface area contributed by atoms with E-state index in [1.807, 2.05) is 4.90 Å². The van der Waals surface area contributed by atoms with Gasteiger partial charge in [-0.3, -0.25) is 14.7 Å². The summed E-state index contributed by atoms with van der Waals surface area (Å²) >= 11 is 1.33. The van der Waals surface area contributed by atoms with Gasteiger partial charge in [-0.05, 0) is 56.2 Å². The molecule has 2 amide bonds. The molecule has 2 N–H and O–H groups in total. The number of aromatic nitrogens is 2. The van der Waals surface area contributed by atoms with Crippen LogP contribution in [0.5, 0.6) is 0 Å². The Hall–Kier alpha value is -2.42. The van der Waals surface area contributed by atoms with E-state index >= 15 is 0 Å². The summed E-state index contributed by atoms with van der Waals surface area (Å²) in [7, 11) is 0. The number of fused-ring (bicyclic) bond motifs is 1. The van der Waals surface area contributed by atoms with Crippen LogP contribution in [0.4, 0.5) is 8.78 Å². The number of nitrogens with zero attached hydrogens (tertiary/aromatic N) is 2. The van der Waals surface area contributed by atoms with Crippen LogP contribution in [0.1, 0.15) is 54.4 Å². The van der Waals surface area contributed by atoms with Crippen molar-refractivity contribution in [2.75, 3.05) is 18.8 Å². The van der Waals surface area contributed by atoms with Gasteiger partial charge in [0, 0.05) is 47.5 Å². The summed E-state index contributed by atoms with van der Waals surface area (Å²) in [6, 6.07) is 3.98. The molecular formula is C23H28F2N4O2S. The van der Waals surface area contributed by atoms with Crippen molar-refractivity contribution < 1.29 is 18.4 Å². The van der Waals surface area contributed by atoms with E-state index in [-0.39, 0.29) is 17.9 Å². The normalized spacial score (nSPS) is 17.7. The zero-order valence-electron chi connectivity index (χ0n) is 18.1. The molecule has 0 spiro atoms. The van der Waals surface area contributed by atoms with Gasteiger partial charge in [0.1, 0.15) is 0 Å². The zero-order chi connectivity index (χ0) is 22.7. The number of benzene rings is 1. The highest BCUT2D eigenvalue weighted by atomic mass is 32.2. The fraction of sp³-hybridized carbons (Fsp3) is 0.522. The van der Waals surface area contributed by atoms with Gasteiger partial charge in [-0.15, -0.1) is 11.8 Å². The average molecular weight is 463 g/mol. The summed E-state index contributed by atoms with van der Waals surface area (Å²) in [5.74, 6) is -0.922. The molecule has 0 bridgehead atoms. The first-order valence-electron chi connectivity index (χ1n) is 11.1. The van der Waals surface area contributed by atoms with Crippen molar-refractivity contribution in [1.82, 2.24) is 20.4 Å². The van der Waals surface area contributed by atoms with Crippen LogP contribution in [0, 0.1) is 17.6 Å². The third-order valence-corrected chi connectivity index (χ3v) is 7.03. The number of nitrogens with one attached hydrogen (secondary N) is 2. The number of H-pyrrole nitrogens is 1. The molecule has 1 aromatic heterocycles. The maximum atomic E-state index is 13.3. The Bertz CT molecular complexity index is 992. The molecule has 1 unspecified atom stereocenters. The number of carbonyl (C=O) groups is 2. The third-order valence-electron chi connectivity index (χ3n) is 6.03. The molecule has 6 nitrogen and oxygen atoms in total. The van der Waals surface area contributed by atoms with Gasteiger partial charge in [-0.25, -0.2) is 8.78 Å². The third kappa shape index (κ3) is 5.49. The lowest BCUT2D eigenvalue weighted by Crippen LogP contribution is -2.40. The molecule has 0 radical (unpaired) electrons. The summed E-state index contributed by atoms with van der Waals surface area (Å²) in [6.45, 7) is 3.00. The molecule has 2 aromatic rings. The molecular weight excluding hydrogens is 434 g/mol. The molecule has 1 aromatic carbocycles. The van der Waals surface area contributed by atoms with E-state index in [9.17, 15) is 18.4 Å².